The van der Waals surface area contributed by atoms with Crippen molar-refractivity contribution in [2.45, 2.75) is 747 Å². The number of hydrogen-bond donors (Lipinski definition) is 2. The standard InChI is InChI=1S/2C52H107N.C22H37BO2/c2*1-3-5-7-9-11-13-15-17-19-21-23-25-27-29-31-33-35-37-39-41-43-45-47-49-51-53-52-50-48-46-44-42-40-38-36-34-32-30-28-26-24-22-20-18-16-14-12-10-8-6-4-2;1-2-3-4-5-6-7-8-9-10-11-12-13-14-15-16-21-17-19-22(20-18-21)23(24)25/h2*53H,3-52H2,1-2H3;17-20H,2-16H2,1H3/q;;-2/p+2. The van der Waals surface area contributed by atoms with Crippen LogP contribution < -0.4 is 26.1 Å². The summed E-state index contributed by atoms with van der Waals surface area (Å²) in [6.45, 7) is 17.0. The van der Waals surface area contributed by atoms with Gasteiger partial charge in [0.1, 0.15) is 0 Å². The molecule has 0 aliphatic carbocycles. The van der Waals surface area contributed by atoms with E-state index in [-0.39, 0.29) is 0 Å². The zero-order chi connectivity index (χ0) is 94.3. The molecule has 0 aromatic heterocycles. The fourth-order valence-corrected chi connectivity index (χ4v) is 20.7. The second-order valence-corrected chi connectivity index (χ2v) is 43.7. The van der Waals surface area contributed by atoms with Crippen molar-refractivity contribution in [2.24, 2.45) is 0 Å². The van der Waals surface area contributed by atoms with E-state index in [1.807, 2.05) is 12.1 Å². The summed E-state index contributed by atoms with van der Waals surface area (Å²) in [6.07, 6.45) is 162. The summed E-state index contributed by atoms with van der Waals surface area (Å²) in [5.74, 6) is 0. The lowest BCUT2D eigenvalue weighted by atomic mass is 9.80. The van der Waals surface area contributed by atoms with Crippen LogP contribution in [-0.2, 0) is 6.42 Å². The van der Waals surface area contributed by atoms with Crippen LogP contribution in [0.25, 0.3) is 0 Å². The molecule has 1 aromatic rings. The molecule has 0 saturated carbocycles. The topological polar surface area (TPSA) is 79.3 Å². The Bertz CT molecular complexity index is 1830. The molecule has 0 fully saturated rings. The van der Waals surface area contributed by atoms with Gasteiger partial charge in [0.15, 0.2) is 0 Å². The van der Waals surface area contributed by atoms with Gasteiger partial charge < -0.3 is 20.7 Å². The van der Waals surface area contributed by atoms with Gasteiger partial charge in [-0.3, -0.25) is 0 Å². The molecule has 0 amide bonds. The first kappa shape index (κ1) is 132. The lowest BCUT2D eigenvalue weighted by Crippen LogP contribution is -2.84. The summed E-state index contributed by atoms with van der Waals surface area (Å²) in [7, 11) is -1.85. The Balaban J connectivity index is 0. The predicted octanol–water partition coefficient (Wildman–Crippen LogP) is 40.8. The molecule has 1 rings (SSSR count). The molecule has 131 heavy (non-hydrogen) atoms. The predicted molar refractivity (Wildman–Crippen MR) is 595 cm³/mol. The second-order valence-electron chi connectivity index (χ2n) is 43.7. The Hall–Kier alpha value is -0.875. The van der Waals surface area contributed by atoms with E-state index < -0.39 is 7.12 Å². The van der Waals surface area contributed by atoms with E-state index >= 15 is 0 Å². The molecule has 0 bridgehead atoms. The molecular formula is C126H253BN2O2. The first-order valence-corrected chi connectivity index (χ1v) is 63.1. The van der Waals surface area contributed by atoms with Gasteiger partial charge in [0.2, 0.25) is 0 Å². The van der Waals surface area contributed by atoms with E-state index in [1.54, 1.807) is 12.1 Å². The third-order valence-corrected chi connectivity index (χ3v) is 30.1. The van der Waals surface area contributed by atoms with E-state index in [2.05, 4.69) is 45.3 Å². The van der Waals surface area contributed by atoms with Gasteiger partial charge in [-0.2, -0.15) is 0 Å². The smallest absolute Gasteiger partial charge is 0.0755 e. The maximum Gasteiger partial charge on any atom is 0.0755 e. The molecule has 0 saturated heterocycles. The normalized spacial score (nSPS) is 11.5. The van der Waals surface area contributed by atoms with Crippen LogP contribution in [0.2, 0.25) is 0 Å². The molecular weight excluding hydrogens is 1580 g/mol. The van der Waals surface area contributed by atoms with Gasteiger partial charge >= 0.3 is 0 Å². The van der Waals surface area contributed by atoms with Crippen molar-refractivity contribution in [3.05, 3.63) is 29.8 Å². The maximum atomic E-state index is 10.8. The summed E-state index contributed by atoms with van der Waals surface area (Å²) < 4.78 is 0. The molecule has 0 radical (unpaired) electrons. The number of aryl methyl sites for hydroxylation is 1. The minimum atomic E-state index is -1.85. The minimum Gasteiger partial charge on any atom is -0.889 e. The van der Waals surface area contributed by atoms with Gasteiger partial charge in [-0.15, -0.1) is 5.46 Å². The maximum absolute atomic E-state index is 10.8. The molecule has 782 valence electrons. The summed E-state index contributed by atoms with van der Waals surface area (Å²) in [5.41, 5.74) is 1.59. The van der Waals surface area contributed by atoms with Crippen molar-refractivity contribution in [1.29, 1.82) is 0 Å². The molecule has 0 aliphatic heterocycles. The zero-order valence-corrected chi connectivity index (χ0v) is 92.2. The number of rotatable bonds is 116. The fraction of sp³-hybridized carbons (Fsp3) is 0.952. The van der Waals surface area contributed by atoms with Crippen molar-refractivity contribution in [2.75, 3.05) is 26.2 Å². The monoisotopic (exact) mass is 1840 g/mol. The summed E-state index contributed by atoms with van der Waals surface area (Å²) in [4.78, 5) is 0. The minimum absolute atomic E-state index is 0.352. The van der Waals surface area contributed by atoms with Crippen molar-refractivity contribution in [3.8, 4) is 0 Å². The van der Waals surface area contributed by atoms with Gasteiger partial charge in [-0.25, -0.2) is 0 Å². The number of nitrogens with two attached hydrogens (primary N) is 2. The van der Waals surface area contributed by atoms with E-state index in [1.165, 1.54) is 738 Å². The number of hydrogen-bond acceptors (Lipinski definition) is 2. The Morgan fingerprint density at radius 1 is 0.137 bits per heavy atom. The molecule has 0 atom stereocenters. The highest BCUT2D eigenvalue weighted by Gasteiger charge is 2.06. The average molecular weight is 1840 g/mol. The molecule has 1 aromatic carbocycles. The highest BCUT2D eigenvalue weighted by molar-refractivity contribution is 6.55. The highest BCUT2D eigenvalue weighted by Crippen LogP contribution is 2.24. The second kappa shape index (κ2) is 127. The molecule has 0 spiro atoms. The van der Waals surface area contributed by atoms with E-state index in [4.69, 9.17) is 0 Å². The number of unbranched alkanes of at least 4 members (excludes halogenated alkanes) is 105. The van der Waals surface area contributed by atoms with Crippen LogP contribution in [0.4, 0.5) is 0 Å². The third-order valence-electron chi connectivity index (χ3n) is 30.1. The largest absolute Gasteiger partial charge is 0.889 e. The van der Waals surface area contributed by atoms with Crippen LogP contribution in [0, 0.1) is 0 Å². The first-order valence-electron chi connectivity index (χ1n) is 63.1. The van der Waals surface area contributed by atoms with Crippen molar-refractivity contribution in [1.82, 2.24) is 0 Å². The molecule has 0 heterocycles. The molecule has 4 nitrogen and oxygen atoms in total. The van der Waals surface area contributed by atoms with Crippen molar-refractivity contribution >= 4 is 12.6 Å². The van der Waals surface area contributed by atoms with Crippen LogP contribution in [-0.4, -0.2) is 33.3 Å². The Kier molecular flexibility index (Phi) is 128. The Morgan fingerprint density at radius 3 is 0.344 bits per heavy atom. The third kappa shape index (κ3) is 125. The van der Waals surface area contributed by atoms with Crippen molar-refractivity contribution < 1.29 is 20.7 Å². The highest BCUT2D eigenvalue weighted by atomic mass is 16.4. The van der Waals surface area contributed by atoms with Gasteiger partial charge in [-0.05, 0) is 69.8 Å². The van der Waals surface area contributed by atoms with Crippen LogP contribution in [0.1, 0.15) is 746 Å². The van der Waals surface area contributed by atoms with Gasteiger partial charge in [0, 0.05) is 0 Å². The van der Waals surface area contributed by atoms with E-state index in [0.29, 0.717) is 5.46 Å². The quantitative estimate of drug-likeness (QED) is 0.0503. The zero-order valence-electron chi connectivity index (χ0n) is 92.2. The van der Waals surface area contributed by atoms with Crippen LogP contribution in [0.3, 0.4) is 0 Å². The van der Waals surface area contributed by atoms with Crippen LogP contribution >= 0.6 is 0 Å². The van der Waals surface area contributed by atoms with E-state index in [9.17, 15) is 10.0 Å². The van der Waals surface area contributed by atoms with Crippen LogP contribution in [0.15, 0.2) is 24.3 Å². The summed E-state index contributed by atoms with van der Waals surface area (Å²) in [5, 5.41) is 26.8. The lowest BCUT2D eigenvalue weighted by Gasteiger charge is -2.26. The summed E-state index contributed by atoms with van der Waals surface area (Å²) >= 11 is 0. The number of benzene rings is 1. The fourth-order valence-electron chi connectivity index (χ4n) is 20.7. The number of quaternary nitrogens is 2. The van der Waals surface area contributed by atoms with Crippen molar-refractivity contribution in [3.63, 3.8) is 0 Å². The van der Waals surface area contributed by atoms with Gasteiger partial charge in [-0.1, -0.05) is 715 Å². The SMILES string of the molecule is CCCCCCCCCCCCCCCCCCCCCCCCCC[NH2+]CCCCCCCCCCCCCCCCCCCCCCCCCC.CCCCCCCCCCCCCCCCCCCCCCCCCC[NH2+]CCCCCCCCCCCCCCCCCCCCCCCCCC.CCCCCCCCCCCCCCCCc1ccc(B([O-])[O-])cc1. The molecule has 4 N–H and O–H groups in total. The Morgan fingerprint density at radius 2 is 0.237 bits per heavy atom. The lowest BCUT2D eigenvalue weighted by molar-refractivity contribution is -0.655. The van der Waals surface area contributed by atoms with Crippen LogP contribution in [0.5, 0.6) is 0 Å². The van der Waals surface area contributed by atoms with Gasteiger partial charge in [0.25, 0.3) is 0 Å². The van der Waals surface area contributed by atoms with E-state index in [0.717, 1.165) is 6.42 Å². The Labute approximate surface area is 831 Å². The molecule has 0 unspecified atom stereocenters. The van der Waals surface area contributed by atoms with Gasteiger partial charge in [0.05, 0.1) is 26.2 Å². The molecule has 5 heteroatoms. The first-order chi connectivity index (χ1) is 65.1. The molecule has 0 aliphatic rings. The average Bonchev–Trinajstić information content (AvgIpc) is 0.898. The summed E-state index contributed by atoms with van der Waals surface area (Å²) in [6, 6.07) is 7.23.